The molecule has 1 aliphatic rings. The zero-order valence-corrected chi connectivity index (χ0v) is 24.2. The van der Waals surface area contributed by atoms with Crippen LogP contribution in [0.5, 0.6) is 5.75 Å². The van der Waals surface area contributed by atoms with Crippen LogP contribution >= 0.6 is 0 Å². The highest BCUT2D eigenvalue weighted by atomic mass is 16.5. The maximum absolute atomic E-state index is 13.9. The number of anilines is 2. The molecule has 0 aromatic heterocycles. The average Bonchev–Trinajstić information content (AvgIpc) is 3.58. The van der Waals surface area contributed by atoms with E-state index in [2.05, 4.69) is 10.6 Å². The van der Waals surface area contributed by atoms with E-state index in [0.717, 1.165) is 31.4 Å². The monoisotopic (exact) mass is 573 g/mol. The quantitative estimate of drug-likeness (QED) is 0.268. The minimum atomic E-state index is -0.581. The van der Waals surface area contributed by atoms with Gasteiger partial charge in [-0.2, -0.15) is 0 Å². The standard InChI is InChI=1S/C32H36N4O6/c1-35(25-14-5-4-6-15-25)29(37)22-42-28-19-10-9-18-27(28)36(2,26-16-7-8-17-26)30(38)21-33-32(40)34-24-13-11-12-23(20-24)31(39)41-3/h4-6,9-15,18-20,26H,7-8,16-17,21-22H2,1-3H3,(H-,33,34,40)/p+1. The van der Waals surface area contributed by atoms with Crippen LogP contribution in [0.1, 0.15) is 36.0 Å². The number of benzene rings is 3. The van der Waals surface area contributed by atoms with Crippen LogP contribution in [0, 0.1) is 0 Å². The molecule has 1 atom stereocenters. The van der Waals surface area contributed by atoms with Crippen molar-refractivity contribution in [2.24, 2.45) is 0 Å². The van der Waals surface area contributed by atoms with Crippen LogP contribution in [-0.2, 0) is 14.3 Å². The number of methoxy groups -OCH3 is 1. The lowest BCUT2D eigenvalue weighted by atomic mass is 10.1. The number of amides is 4. The molecule has 0 spiro atoms. The third-order valence-electron chi connectivity index (χ3n) is 7.75. The minimum absolute atomic E-state index is 0.00783. The van der Waals surface area contributed by atoms with Crippen molar-refractivity contribution in [3.8, 4) is 5.75 Å². The molecule has 4 rings (SSSR count). The maximum atomic E-state index is 13.9. The van der Waals surface area contributed by atoms with E-state index < -0.39 is 12.0 Å². The Morgan fingerprint density at radius 1 is 0.929 bits per heavy atom. The number of quaternary nitrogens is 1. The second kappa shape index (κ2) is 13.8. The van der Waals surface area contributed by atoms with Crippen LogP contribution in [0.3, 0.4) is 0 Å². The number of nitrogens with zero attached hydrogens (tertiary/aromatic N) is 2. The van der Waals surface area contributed by atoms with E-state index in [1.54, 1.807) is 31.3 Å². The lowest BCUT2D eigenvalue weighted by molar-refractivity contribution is -0.130. The van der Waals surface area contributed by atoms with Crippen molar-refractivity contribution in [3.63, 3.8) is 0 Å². The third-order valence-corrected chi connectivity index (χ3v) is 7.75. The van der Waals surface area contributed by atoms with Crippen molar-refractivity contribution >= 4 is 40.9 Å². The highest BCUT2D eigenvalue weighted by Gasteiger charge is 2.45. The first-order valence-corrected chi connectivity index (χ1v) is 13.9. The van der Waals surface area contributed by atoms with Crippen LogP contribution in [0.25, 0.3) is 0 Å². The molecule has 1 unspecified atom stereocenters. The van der Waals surface area contributed by atoms with Crippen LogP contribution in [0.15, 0.2) is 78.9 Å². The fourth-order valence-electron chi connectivity index (χ4n) is 5.29. The normalized spacial score (nSPS) is 14.4. The summed E-state index contributed by atoms with van der Waals surface area (Å²) in [5, 5.41) is 5.32. The van der Waals surface area contributed by atoms with Gasteiger partial charge in [-0.15, -0.1) is 0 Å². The number of carbonyl (C=O) groups excluding carboxylic acids is 4. The number of hydrogen-bond donors (Lipinski definition) is 2. The van der Waals surface area contributed by atoms with Crippen LogP contribution < -0.4 is 24.8 Å². The van der Waals surface area contributed by atoms with Gasteiger partial charge < -0.3 is 25.0 Å². The molecule has 0 saturated heterocycles. The molecule has 0 radical (unpaired) electrons. The van der Waals surface area contributed by atoms with E-state index in [0.29, 0.717) is 22.7 Å². The van der Waals surface area contributed by atoms with E-state index in [1.165, 1.54) is 18.1 Å². The summed E-state index contributed by atoms with van der Waals surface area (Å²) in [6, 6.07) is 22.3. The molecule has 1 aliphatic carbocycles. The molecule has 0 bridgehead atoms. The summed E-state index contributed by atoms with van der Waals surface area (Å²) in [5.74, 6) is -0.525. The highest BCUT2D eigenvalue weighted by molar-refractivity contribution is 5.98. The van der Waals surface area contributed by atoms with Gasteiger partial charge in [-0.1, -0.05) is 36.4 Å². The number of nitrogens with one attached hydrogen (secondary N) is 2. The van der Waals surface area contributed by atoms with Gasteiger partial charge in [0.05, 0.1) is 19.7 Å². The summed E-state index contributed by atoms with van der Waals surface area (Å²) in [4.78, 5) is 52.9. The molecule has 10 heteroatoms. The minimum Gasteiger partial charge on any atom is -0.477 e. The fraction of sp³-hybridized carbons (Fsp3) is 0.312. The van der Waals surface area contributed by atoms with Crippen molar-refractivity contribution < 1.29 is 28.7 Å². The van der Waals surface area contributed by atoms with Crippen LogP contribution in [0.4, 0.5) is 21.9 Å². The summed E-state index contributed by atoms with van der Waals surface area (Å²) in [6.45, 7) is -0.438. The average molecular weight is 574 g/mol. The maximum Gasteiger partial charge on any atom is 0.338 e. The first kappa shape index (κ1) is 30.3. The molecule has 3 aromatic rings. The topological polar surface area (TPSA) is 114 Å². The van der Waals surface area contributed by atoms with E-state index in [-0.39, 0.29) is 35.5 Å². The molecule has 0 heterocycles. The number of rotatable bonds is 10. The van der Waals surface area contributed by atoms with Crippen molar-refractivity contribution in [3.05, 3.63) is 84.4 Å². The predicted octanol–water partition coefficient (Wildman–Crippen LogP) is 4.74. The first-order chi connectivity index (χ1) is 20.2. The summed E-state index contributed by atoms with van der Waals surface area (Å²) in [5.41, 5.74) is 2.07. The number of likely N-dealkylation sites (N-methyl/N-ethyl adjacent to an activating group) is 2. The number of carbonyl (C=O) groups is 4. The smallest absolute Gasteiger partial charge is 0.338 e. The molecular formula is C32H37N4O6+. The molecule has 2 N–H and O–H groups in total. The van der Waals surface area contributed by atoms with Gasteiger partial charge in [0.15, 0.2) is 18.0 Å². The number of esters is 1. The lowest BCUT2D eigenvalue weighted by Crippen LogP contribution is -2.60. The van der Waals surface area contributed by atoms with Gasteiger partial charge in [-0.05, 0) is 49.2 Å². The van der Waals surface area contributed by atoms with Crippen LogP contribution in [-0.4, -0.2) is 64.2 Å². The summed E-state index contributed by atoms with van der Waals surface area (Å²) >= 11 is 0. The Kier molecular flexibility index (Phi) is 9.93. The lowest BCUT2D eigenvalue weighted by Gasteiger charge is -2.37. The Bertz CT molecular complexity index is 1420. The number of hydrogen-bond acceptors (Lipinski definition) is 6. The second-order valence-corrected chi connectivity index (χ2v) is 10.3. The largest absolute Gasteiger partial charge is 0.477 e. The van der Waals surface area contributed by atoms with E-state index in [4.69, 9.17) is 9.47 Å². The molecule has 4 amide bonds. The number of para-hydroxylation sites is 3. The Balaban J connectivity index is 1.48. The summed E-state index contributed by atoms with van der Waals surface area (Å²) in [6.07, 6.45) is 3.69. The van der Waals surface area contributed by atoms with Gasteiger partial charge in [0.25, 0.3) is 5.91 Å². The predicted molar refractivity (Wildman–Crippen MR) is 162 cm³/mol. The third kappa shape index (κ3) is 6.95. The van der Waals surface area contributed by atoms with Gasteiger partial charge in [-0.25, -0.2) is 18.9 Å². The molecular weight excluding hydrogens is 536 g/mol. The molecule has 3 aromatic carbocycles. The molecule has 220 valence electrons. The van der Waals surface area contributed by atoms with Gasteiger partial charge in [0, 0.05) is 37.3 Å². The van der Waals surface area contributed by atoms with E-state index in [1.807, 2.05) is 55.6 Å². The fourth-order valence-corrected chi connectivity index (χ4v) is 5.29. The highest BCUT2D eigenvalue weighted by Crippen LogP contribution is 2.39. The molecule has 1 saturated carbocycles. The van der Waals surface area contributed by atoms with Gasteiger partial charge >= 0.3 is 17.9 Å². The van der Waals surface area contributed by atoms with Crippen molar-refractivity contribution in [2.45, 2.75) is 31.7 Å². The van der Waals surface area contributed by atoms with Crippen molar-refractivity contribution in [2.75, 3.05) is 44.6 Å². The summed E-state index contributed by atoms with van der Waals surface area (Å²) < 4.78 is 10.7. The molecule has 42 heavy (non-hydrogen) atoms. The van der Waals surface area contributed by atoms with Crippen LogP contribution in [0.2, 0.25) is 0 Å². The summed E-state index contributed by atoms with van der Waals surface area (Å²) in [7, 11) is 4.82. The van der Waals surface area contributed by atoms with Crippen molar-refractivity contribution in [1.29, 1.82) is 0 Å². The van der Waals surface area contributed by atoms with E-state index >= 15 is 0 Å². The Hall–Kier alpha value is -4.70. The zero-order valence-electron chi connectivity index (χ0n) is 24.2. The first-order valence-electron chi connectivity index (χ1n) is 13.9. The number of ether oxygens (including phenoxy) is 2. The second-order valence-electron chi connectivity index (χ2n) is 10.3. The van der Waals surface area contributed by atoms with E-state index in [9.17, 15) is 19.2 Å². The molecule has 0 aliphatic heterocycles. The molecule has 10 nitrogen and oxygen atoms in total. The van der Waals surface area contributed by atoms with Gasteiger partial charge in [-0.3, -0.25) is 4.79 Å². The van der Waals surface area contributed by atoms with Gasteiger partial charge in [0.2, 0.25) is 0 Å². The SMILES string of the molecule is COC(=O)c1cccc(NC(=O)NCC(=O)[N+](C)(c2ccccc2OCC(=O)N(C)c2ccccc2)C2CCCC2)c1. The Labute approximate surface area is 245 Å². The molecule has 1 fully saturated rings. The van der Waals surface area contributed by atoms with Gasteiger partial charge in [0.1, 0.15) is 12.6 Å². The Morgan fingerprint density at radius 2 is 1.62 bits per heavy atom. The van der Waals surface area contributed by atoms with Crippen molar-refractivity contribution in [1.82, 2.24) is 9.80 Å². The zero-order chi connectivity index (χ0) is 30.1. The number of urea groups is 1. The Morgan fingerprint density at radius 3 is 2.33 bits per heavy atom.